The third kappa shape index (κ3) is 3.77. The van der Waals surface area contributed by atoms with Gasteiger partial charge in [-0.15, -0.1) is 0 Å². The lowest BCUT2D eigenvalue weighted by Gasteiger charge is -2.26. The summed E-state index contributed by atoms with van der Waals surface area (Å²) in [6.45, 7) is 5.21. The van der Waals surface area contributed by atoms with Gasteiger partial charge in [-0.25, -0.2) is 0 Å². The van der Waals surface area contributed by atoms with Gasteiger partial charge in [-0.3, -0.25) is 4.90 Å². The quantitative estimate of drug-likeness (QED) is 0.509. The van der Waals surface area contributed by atoms with E-state index in [0.29, 0.717) is 6.54 Å². The van der Waals surface area contributed by atoms with Crippen molar-refractivity contribution in [1.82, 2.24) is 9.88 Å². The average molecular weight is 398 g/mol. The van der Waals surface area contributed by atoms with E-state index in [9.17, 15) is 0 Å². The molecule has 0 aliphatic carbocycles. The van der Waals surface area contributed by atoms with Crippen molar-refractivity contribution in [3.8, 4) is 22.4 Å². The van der Waals surface area contributed by atoms with E-state index in [1.54, 1.807) is 0 Å². The molecular weight excluding hydrogens is 370 g/mol. The van der Waals surface area contributed by atoms with Crippen molar-refractivity contribution in [3.63, 3.8) is 0 Å². The molecule has 0 spiro atoms. The van der Waals surface area contributed by atoms with Crippen LogP contribution in [0, 0.1) is 0 Å². The van der Waals surface area contributed by atoms with Gasteiger partial charge in [-0.2, -0.15) is 0 Å². The number of fused-ring (bicyclic) bond motifs is 1. The number of H-pyrrole nitrogens is 1. The lowest BCUT2D eigenvalue weighted by Crippen LogP contribution is -2.35. The van der Waals surface area contributed by atoms with Crippen molar-refractivity contribution >= 4 is 10.9 Å². The molecule has 4 aromatic rings. The Morgan fingerprint density at radius 1 is 0.867 bits per heavy atom. The summed E-state index contributed by atoms with van der Waals surface area (Å²) in [5, 5.41) is 1.23. The zero-order valence-electron chi connectivity index (χ0n) is 17.1. The van der Waals surface area contributed by atoms with E-state index in [1.807, 2.05) is 6.07 Å². The van der Waals surface area contributed by atoms with Gasteiger partial charge in [0.2, 0.25) is 0 Å². The van der Waals surface area contributed by atoms with Crippen molar-refractivity contribution < 1.29 is 4.74 Å². The highest BCUT2D eigenvalue weighted by atomic mass is 16.5. The van der Waals surface area contributed by atoms with E-state index in [1.165, 1.54) is 33.2 Å². The minimum Gasteiger partial charge on any atom is -0.379 e. The van der Waals surface area contributed by atoms with Gasteiger partial charge in [0.25, 0.3) is 0 Å². The second-order valence-electron chi connectivity index (χ2n) is 7.90. The van der Waals surface area contributed by atoms with Gasteiger partial charge >= 0.3 is 0 Å². The molecule has 4 heteroatoms. The van der Waals surface area contributed by atoms with Crippen LogP contribution in [0.15, 0.2) is 72.8 Å². The van der Waals surface area contributed by atoms with Crippen molar-refractivity contribution in [2.24, 2.45) is 5.73 Å². The van der Waals surface area contributed by atoms with Gasteiger partial charge < -0.3 is 15.5 Å². The molecule has 5 rings (SSSR count). The molecule has 3 N–H and O–H groups in total. The molecule has 1 aliphatic rings. The fraction of sp³-hybridized carbons (Fsp3) is 0.231. The zero-order chi connectivity index (χ0) is 20.3. The highest BCUT2D eigenvalue weighted by Gasteiger charge is 2.13. The van der Waals surface area contributed by atoms with Crippen LogP contribution in [0.1, 0.15) is 11.1 Å². The number of nitrogens with one attached hydrogen (secondary N) is 1. The lowest BCUT2D eigenvalue weighted by atomic mass is 9.96. The van der Waals surface area contributed by atoms with Crippen molar-refractivity contribution in [2.45, 2.75) is 13.1 Å². The SMILES string of the molecule is NCc1ccccc1-c1cccc2[nH]c(-c3ccc(CN4CCOCC4)cc3)cc12. The summed E-state index contributed by atoms with van der Waals surface area (Å²) in [7, 11) is 0. The number of hydrogen-bond donors (Lipinski definition) is 2. The fourth-order valence-electron chi connectivity index (χ4n) is 4.31. The Hall–Kier alpha value is -2.92. The summed E-state index contributed by atoms with van der Waals surface area (Å²) in [4.78, 5) is 6.05. The molecule has 1 aromatic heterocycles. The fourth-order valence-corrected chi connectivity index (χ4v) is 4.31. The van der Waals surface area contributed by atoms with E-state index in [2.05, 4.69) is 76.6 Å². The van der Waals surface area contributed by atoms with E-state index < -0.39 is 0 Å². The number of aromatic nitrogens is 1. The van der Waals surface area contributed by atoms with Gasteiger partial charge in [0.15, 0.2) is 0 Å². The summed E-state index contributed by atoms with van der Waals surface area (Å²) in [6, 6.07) is 26.0. The number of aromatic amines is 1. The van der Waals surface area contributed by atoms with Crippen molar-refractivity contribution in [1.29, 1.82) is 0 Å². The summed E-state index contributed by atoms with van der Waals surface area (Å²) in [5.41, 5.74) is 14.4. The maximum absolute atomic E-state index is 5.99. The first kappa shape index (κ1) is 19.1. The minimum atomic E-state index is 0.536. The van der Waals surface area contributed by atoms with Crippen LogP contribution < -0.4 is 5.73 Å². The van der Waals surface area contributed by atoms with Crippen LogP contribution in [-0.2, 0) is 17.8 Å². The smallest absolute Gasteiger partial charge is 0.0594 e. The Labute approximate surface area is 177 Å². The number of nitrogens with zero attached hydrogens (tertiary/aromatic N) is 1. The molecule has 2 heterocycles. The molecule has 3 aromatic carbocycles. The second-order valence-corrected chi connectivity index (χ2v) is 7.90. The molecule has 0 atom stereocenters. The van der Waals surface area contributed by atoms with Crippen LogP contribution in [0.4, 0.5) is 0 Å². The molecule has 4 nitrogen and oxygen atoms in total. The second kappa shape index (κ2) is 8.44. The number of ether oxygens (including phenoxy) is 1. The van der Waals surface area contributed by atoms with E-state index in [4.69, 9.17) is 10.5 Å². The molecule has 0 saturated carbocycles. The molecule has 0 unspecified atom stereocenters. The third-order valence-electron chi connectivity index (χ3n) is 5.97. The summed E-state index contributed by atoms with van der Waals surface area (Å²) < 4.78 is 5.45. The van der Waals surface area contributed by atoms with Crippen LogP contribution in [0.25, 0.3) is 33.3 Å². The molecule has 30 heavy (non-hydrogen) atoms. The monoisotopic (exact) mass is 397 g/mol. The maximum Gasteiger partial charge on any atom is 0.0594 e. The molecular formula is C26H27N3O. The van der Waals surface area contributed by atoms with E-state index >= 15 is 0 Å². The van der Waals surface area contributed by atoms with Crippen LogP contribution in [0.5, 0.6) is 0 Å². The Bertz CT molecular complexity index is 1140. The predicted molar refractivity (Wildman–Crippen MR) is 123 cm³/mol. The molecule has 1 aliphatic heterocycles. The highest BCUT2D eigenvalue weighted by molar-refractivity contribution is 5.98. The third-order valence-corrected chi connectivity index (χ3v) is 5.97. The first-order valence-electron chi connectivity index (χ1n) is 10.6. The number of benzene rings is 3. The molecule has 1 fully saturated rings. The van der Waals surface area contributed by atoms with Gasteiger partial charge in [-0.05, 0) is 39.9 Å². The van der Waals surface area contributed by atoms with Gasteiger partial charge in [0.05, 0.1) is 13.2 Å². The molecule has 0 amide bonds. The predicted octanol–water partition coefficient (Wildman–Crippen LogP) is 4.79. The topological polar surface area (TPSA) is 54.3 Å². The number of hydrogen-bond acceptors (Lipinski definition) is 3. The molecule has 0 radical (unpaired) electrons. The number of morpholine rings is 1. The van der Waals surface area contributed by atoms with Crippen molar-refractivity contribution in [2.75, 3.05) is 26.3 Å². The first-order valence-corrected chi connectivity index (χ1v) is 10.6. The van der Waals surface area contributed by atoms with E-state index in [0.717, 1.165) is 44.1 Å². The summed E-state index contributed by atoms with van der Waals surface area (Å²) in [5.74, 6) is 0. The van der Waals surface area contributed by atoms with Crippen LogP contribution in [0.2, 0.25) is 0 Å². The van der Waals surface area contributed by atoms with Gasteiger partial charge in [0.1, 0.15) is 0 Å². The molecule has 152 valence electrons. The van der Waals surface area contributed by atoms with Gasteiger partial charge in [0, 0.05) is 42.8 Å². The first-order chi connectivity index (χ1) is 14.8. The Morgan fingerprint density at radius 2 is 1.63 bits per heavy atom. The largest absolute Gasteiger partial charge is 0.379 e. The normalized spacial score (nSPS) is 15.0. The maximum atomic E-state index is 5.99. The van der Waals surface area contributed by atoms with Crippen LogP contribution in [-0.4, -0.2) is 36.2 Å². The number of rotatable bonds is 5. The Kier molecular flexibility index (Phi) is 5.37. The lowest BCUT2D eigenvalue weighted by molar-refractivity contribution is 0.0342. The Balaban J connectivity index is 1.45. The van der Waals surface area contributed by atoms with E-state index in [-0.39, 0.29) is 0 Å². The Morgan fingerprint density at radius 3 is 2.43 bits per heavy atom. The minimum absolute atomic E-state index is 0.536. The van der Waals surface area contributed by atoms with Crippen LogP contribution >= 0.6 is 0 Å². The zero-order valence-corrected chi connectivity index (χ0v) is 17.1. The average Bonchev–Trinajstić information content (AvgIpc) is 3.25. The van der Waals surface area contributed by atoms with Gasteiger partial charge in [-0.1, -0.05) is 60.7 Å². The summed E-state index contributed by atoms with van der Waals surface area (Å²) in [6.07, 6.45) is 0. The summed E-state index contributed by atoms with van der Waals surface area (Å²) >= 11 is 0. The van der Waals surface area contributed by atoms with Crippen LogP contribution in [0.3, 0.4) is 0 Å². The standard InChI is InChI=1S/C26H27N3O/c27-17-21-4-1-2-5-22(21)23-6-3-7-25-24(23)16-26(28-25)20-10-8-19(9-11-20)18-29-12-14-30-15-13-29/h1-11,16,28H,12-15,17-18,27H2. The molecule has 1 saturated heterocycles. The molecule has 0 bridgehead atoms. The highest BCUT2D eigenvalue weighted by Crippen LogP contribution is 2.34. The number of nitrogens with two attached hydrogens (primary N) is 1. The van der Waals surface area contributed by atoms with Crippen molar-refractivity contribution in [3.05, 3.63) is 83.9 Å².